The van der Waals surface area contributed by atoms with E-state index in [4.69, 9.17) is 5.73 Å². The van der Waals surface area contributed by atoms with E-state index in [0.717, 1.165) is 24.9 Å². The van der Waals surface area contributed by atoms with Gasteiger partial charge in [0.25, 0.3) is 0 Å². The van der Waals surface area contributed by atoms with E-state index >= 15 is 0 Å². The zero-order valence-electron chi connectivity index (χ0n) is 10.4. The van der Waals surface area contributed by atoms with Gasteiger partial charge < -0.3 is 5.73 Å². The molecule has 1 aromatic carbocycles. The summed E-state index contributed by atoms with van der Waals surface area (Å²) in [6.45, 7) is 3.71. The van der Waals surface area contributed by atoms with Gasteiger partial charge in [0.05, 0.1) is 4.47 Å². The molecule has 0 amide bonds. The molecule has 0 aliphatic rings. The molecule has 0 saturated carbocycles. The van der Waals surface area contributed by atoms with Gasteiger partial charge in [-0.1, -0.05) is 19.4 Å². The van der Waals surface area contributed by atoms with Crippen molar-refractivity contribution in [3.05, 3.63) is 34.1 Å². The summed E-state index contributed by atoms with van der Waals surface area (Å²) in [5, 5.41) is 0. The average Bonchev–Trinajstić information content (AvgIpc) is 2.32. The molecule has 17 heavy (non-hydrogen) atoms. The minimum Gasteiger partial charge on any atom is -0.329 e. The Bertz CT molecular complexity index is 357. The van der Waals surface area contributed by atoms with E-state index in [-0.39, 0.29) is 11.9 Å². The second-order valence-electron chi connectivity index (χ2n) is 4.26. The standard InChI is InChI=1S/C13H20BrFN2/c1-3-4-7-17(2)13(9-16)10-5-6-12(15)11(14)8-10/h5-6,8,13H,3-4,7,9,16H2,1-2H3. The van der Waals surface area contributed by atoms with Crippen molar-refractivity contribution in [2.24, 2.45) is 5.73 Å². The summed E-state index contributed by atoms with van der Waals surface area (Å²) in [5.41, 5.74) is 6.87. The van der Waals surface area contributed by atoms with Gasteiger partial charge in [0.15, 0.2) is 0 Å². The Kier molecular flexibility index (Phi) is 6.09. The highest BCUT2D eigenvalue weighted by Crippen LogP contribution is 2.24. The molecule has 2 nitrogen and oxygen atoms in total. The minimum absolute atomic E-state index is 0.151. The van der Waals surface area contributed by atoms with Crippen LogP contribution >= 0.6 is 15.9 Å². The Labute approximate surface area is 111 Å². The molecule has 96 valence electrons. The second kappa shape index (κ2) is 7.09. The van der Waals surface area contributed by atoms with Crippen LogP contribution in [0.3, 0.4) is 0 Å². The molecule has 1 unspecified atom stereocenters. The first-order chi connectivity index (χ1) is 8.10. The lowest BCUT2D eigenvalue weighted by atomic mass is 10.1. The predicted octanol–water partition coefficient (Wildman–Crippen LogP) is 3.32. The normalized spacial score (nSPS) is 13.1. The molecule has 1 rings (SSSR count). The Morgan fingerprint density at radius 2 is 2.18 bits per heavy atom. The van der Waals surface area contributed by atoms with Crippen LogP contribution in [0.15, 0.2) is 22.7 Å². The Morgan fingerprint density at radius 3 is 2.71 bits per heavy atom. The first-order valence-electron chi connectivity index (χ1n) is 5.95. The summed E-state index contributed by atoms with van der Waals surface area (Å²) >= 11 is 3.21. The SMILES string of the molecule is CCCCN(C)C(CN)c1ccc(F)c(Br)c1. The van der Waals surface area contributed by atoms with Crippen LogP contribution in [0, 0.1) is 5.82 Å². The zero-order chi connectivity index (χ0) is 12.8. The number of halogens is 2. The monoisotopic (exact) mass is 302 g/mol. The fourth-order valence-corrected chi connectivity index (χ4v) is 2.25. The number of nitrogens with two attached hydrogens (primary N) is 1. The van der Waals surface area contributed by atoms with Crippen LogP contribution in [-0.4, -0.2) is 25.0 Å². The van der Waals surface area contributed by atoms with E-state index in [2.05, 4.69) is 34.8 Å². The van der Waals surface area contributed by atoms with Gasteiger partial charge in [0.2, 0.25) is 0 Å². The van der Waals surface area contributed by atoms with Crippen molar-refractivity contribution in [3.8, 4) is 0 Å². The Morgan fingerprint density at radius 1 is 1.47 bits per heavy atom. The molecular weight excluding hydrogens is 283 g/mol. The smallest absolute Gasteiger partial charge is 0.137 e. The van der Waals surface area contributed by atoms with Gasteiger partial charge >= 0.3 is 0 Å². The molecule has 4 heteroatoms. The molecule has 0 fully saturated rings. The van der Waals surface area contributed by atoms with Crippen molar-refractivity contribution in [1.82, 2.24) is 4.90 Å². The molecule has 2 N–H and O–H groups in total. The van der Waals surface area contributed by atoms with Gasteiger partial charge in [-0.15, -0.1) is 0 Å². The van der Waals surface area contributed by atoms with E-state index in [1.54, 1.807) is 6.07 Å². The summed E-state index contributed by atoms with van der Waals surface area (Å²) in [7, 11) is 2.06. The van der Waals surface area contributed by atoms with Crippen LogP contribution in [0.5, 0.6) is 0 Å². The first-order valence-corrected chi connectivity index (χ1v) is 6.74. The maximum absolute atomic E-state index is 13.2. The molecule has 0 heterocycles. The predicted molar refractivity (Wildman–Crippen MR) is 73.4 cm³/mol. The van der Waals surface area contributed by atoms with Gasteiger partial charge in [-0.05, 0) is 53.6 Å². The Hall–Kier alpha value is -0.450. The molecule has 0 spiro atoms. The van der Waals surface area contributed by atoms with Crippen molar-refractivity contribution in [3.63, 3.8) is 0 Å². The van der Waals surface area contributed by atoms with Gasteiger partial charge in [-0.25, -0.2) is 4.39 Å². The maximum Gasteiger partial charge on any atom is 0.137 e. The number of likely N-dealkylation sites (N-methyl/N-ethyl adjacent to an activating group) is 1. The molecule has 1 atom stereocenters. The number of nitrogens with zero attached hydrogens (tertiary/aromatic N) is 1. The number of benzene rings is 1. The van der Waals surface area contributed by atoms with Gasteiger partial charge in [-0.3, -0.25) is 4.90 Å². The largest absolute Gasteiger partial charge is 0.329 e. The third-order valence-corrected chi connectivity index (χ3v) is 3.56. The highest BCUT2D eigenvalue weighted by atomic mass is 79.9. The highest BCUT2D eigenvalue weighted by Gasteiger charge is 2.15. The molecule has 0 aliphatic carbocycles. The van der Waals surface area contributed by atoms with Crippen LogP contribution < -0.4 is 5.73 Å². The molecule has 0 bridgehead atoms. The quantitative estimate of drug-likeness (QED) is 0.873. The summed E-state index contributed by atoms with van der Waals surface area (Å²) in [4.78, 5) is 2.23. The molecule has 1 aromatic rings. The van der Waals surface area contributed by atoms with Gasteiger partial charge in [-0.2, -0.15) is 0 Å². The first kappa shape index (κ1) is 14.6. The third-order valence-electron chi connectivity index (χ3n) is 2.95. The average molecular weight is 303 g/mol. The van der Waals surface area contributed by atoms with Crippen LogP contribution in [0.1, 0.15) is 31.4 Å². The van der Waals surface area contributed by atoms with Crippen molar-refractivity contribution in [1.29, 1.82) is 0 Å². The Balaban J connectivity index is 2.81. The summed E-state index contributed by atoms with van der Waals surface area (Å²) in [5.74, 6) is -0.235. The van der Waals surface area contributed by atoms with E-state index in [9.17, 15) is 4.39 Å². The van der Waals surface area contributed by atoms with Crippen LogP contribution in [0.4, 0.5) is 4.39 Å². The number of hydrogen-bond acceptors (Lipinski definition) is 2. The molecule has 0 aromatic heterocycles. The molecule has 0 radical (unpaired) electrons. The number of rotatable bonds is 6. The van der Waals surface area contributed by atoms with Crippen LogP contribution in [-0.2, 0) is 0 Å². The van der Waals surface area contributed by atoms with Crippen molar-refractivity contribution >= 4 is 15.9 Å². The summed E-state index contributed by atoms with van der Waals surface area (Å²) in [6, 6.07) is 5.25. The third kappa shape index (κ3) is 4.05. The summed E-state index contributed by atoms with van der Waals surface area (Å²) in [6.07, 6.45) is 2.31. The van der Waals surface area contributed by atoms with Crippen molar-refractivity contribution < 1.29 is 4.39 Å². The van der Waals surface area contributed by atoms with E-state index in [1.807, 2.05) is 6.07 Å². The summed E-state index contributed by atoms with van der Waals surface area (Å²) < 4.78 is 13.7. The van der Waals surface area contributed by atoms with E-state index in [0.29, 0.717) is 11.0 Å². The highest BCUT2D eigenvalue weighted by molar-refractivity contribution is 9.10. The molecule has 0 aliphatic heterocycles. The number of unbranched alkanes of at least 4 members (excludes halogenated alkanes) is 1. The second-order valence-corrected chi connectivity index (χ2v) is 5.11. The van der Waals surface area contributed by atoms with Gasteiger partial charge in [0.1, 0.15) is 5.82 Å². The van der Waals surface area contributed by atoms with Crippen molar-refractivity contribution in [2.75, 3.05) is 20.1 Å². The van der Waals surface area contributed by atoms with Crippen LogP contribution in [0.25, 0.3) is 0 Å². The van der Waals surface area contributed by atoms with E-state index < -0.39 is 0 Å². The van der Waals surface area contributed by atoms with Crippen LogP contribution in [0.2, 0.25) is 0 Å². The number of hydrogen-bond donors (Lipinski definition) is 1. The molecule has 0 saturated heterocycles. The lowest BCUT2D eigenvalue weighted by molar-refractivity contribution is 0.246. The molecular formula is C13H20BrFN2. The van der Waals surface area contributed by atoms with E-state index in [1.165, 1.54) is 6.07 Å². The maximum atomic E-state index is 13.2. The zero-order valence-corrected chi connectivity index (χ0v) is 12.0. The van der Waals surface area contributed by atoms with Crippen molar-refractivity contribution in [2.45, 2.75) is 25.8 Å². The topological polar surface area (TPSA) is 29.3 Å². The fraction of sp³-hybridized carbons (Fsp3) is 0.538. The lowest BCUT2D eigenvalue weighted by Gasteiger charge is -2.27. The minimum atomic E-state index is -0.235. The van der Waals surface area contributed by atoms with Gasteiger partial charge in [0, 0.05) is 12.6 Å². The lowest BCUT2D eigenvalue weighted by Crippen LogP contribution is -2.31. The fourth-order valence-electron chi connectivity index (χ4n) is 1.85.